The van der Waals surface area contributed by atoms with E-state index in [2.05, 4.69) is 15.9 Å². The second kappa shape index (κ2) is 6.55. The first-order valence-corrected chi connectivity index (χ1v) is 7.25. The Morgan fingerprint density at radius 2 is 2.33 bits per heavy atom. The minimum absolute atomic E-state index is 0.0274. The van der Waals surface area contributed by atoms with Crippen molar-refractivity contribution in [3.63, 3.8) is 0 Å². The molecule has 0 radical (unpaired) electrons. The molecule has 1 fully saturated rings. The van der Waals surface area contributed by atoms with Crippen LogP contribution in [0.5, 0.6) is 5.75 Å². The lowest BCUT2D eigenvalue weighted by Crippen LogP contribution is -2.26. The van der Waals surface area contributed by atoms with Gasteiger partial charge < -0.3 is 15.2 Å². The average molecular weight is 314 g/mol. The molecule has 2 rings (SSSR count). The lowest BCUT2D eigenvalue weighted by atomic mass is 10.1. The molecule has 2 atom stereocenters. The molecule has 0 amide bonds. The average Bonchev–Trinajstić information content (AvgIpc) is 2.37. The van der Waals surface area contributed by atoms with E-state index >= 15 is 0 Å². The van der Waals surface area contributed by atoms with Gasteiger partial charge in [-0.25, -0.2) is 0 Å². The van der Waals surface area contributed by atoms with Gasteiger partial charge in [0, 0.05) is 22.7 Å². The second-order valence-corrected chi connectivity index (χ2v) is 5.69. The van der Waals surface area contributed by atoms with Gasteiger partial charge in [0.05, 0.1) is 6.10 Å². The molecule has 1 aromatic carbocycles. The minimum atomic E-state index is -0.0274. The first-order valence-electron chi connectivity index (χ1n) is 6.46. The van der Waals surface area contributed by atoms with Gasteiger partial charge in [0.15, 0.2) is 0 Å². The number of hydrogen-bond acceptors (Lipinski definition) is 3. The Morgan fingerprint density at radius 1 is 1.50 bits per heavy atom. The molecule has 1 aliphatic rings. The zero-order valence-electron chi connectivity index (χ0n) is 10.7. The molecule has 0 aliphatic carbocycles. The van der Waals surface area contributed by atoms with Crippen molar-refractivity contribution in [3.05, 3.63) is 28.2 Å². The summed E-state index contributed by atoms with van der Waals surface area (Å²) in [6.45, 7) is 3.43. The zero-order valence-corrected chi connectivity index (χ0v) is 12.3. The molecule has 18 heavy (non-hydrogen) atoms. The molecular formula is C14H20BrNO2. The van der Waals surface area contributed by atoms with Crippen molar-refractivity contribution in [2.45, 2.75) is 38.3 Å². The number of nitrogens with two attached hydrogens (primary N) is 1. The Morgan fingerprint density at radius 3 is 3.00 bits per heavy atom. The molecule has 1 saturated heterocycles. The normalized spacial score (nSPS) is 21.6. The predicted molar refractivity (Wildman–Crippen MR) is 75.8 cm³/mol. The van der Waals surface area contributed by atoms with E-state index in [0.29, 0.717) is 6.61 Å². The van der Waals surface area contributed by atoms with E-state index in [-0.39, 0.29) is 12.1 Å². The smallest absolute Gasteiger partial charge is 0.125 e. The van der Waals surface area contributed by atoms with Crippen LogP contribution >= 0.6 is 15.9 Å². The Labute approximate surface area is 117 Å². The molecule has 4 heteroatoms. The number of halogens is 1. The van der Waals surface area contributed by atoms with Crippen molar-refractivity contribution < 1.29 is 9.47 Å². The molecular weight excluding hydrogens is 294 g/mol. The van der Waals surface area contributed by atoms with Crippen molar-refractivity contribution in [3.8, 4) is 5.75 Å². The molecule has 0 aromatic heterocycles. The Bertz CT molecular complexity index is 389. The van der Waals surface area contributed by atoms with Crippen LogP contribution in [0.25, 0.3) is 0 Å². The monoisotopic (exact) mass is 313 g/mol. The Hall–Kier alpha value is -0.580. The van der Waals surface area contributed by atoms with Crippen LogP contribution in [0.3, 0.4) is 0 Å². The molecule has 1 aliphatic heterocycles. The van der Waals surface area contributed by atoms with Gasteiger partial charge in [-0.2, -0.15) is 0 Å². The van der Waals surface area contributed by atoms with Gasteiger partial charge in [0.1, 0.15) is 12.4 Å². The summed E-state index contributed by atoms with van der Waals surface area (Å²) in [6, 6.07) is 5.94. The first-order chi connectivity index (χ1) is 8.66. The van der Waals surface area contributed by atoms with Gasteiger partial charge in [-0.15, -0.1) is 0 Å². The molecule has 3 nitrogen and oxygen atoms in total. The van der Waals surface area contributed by atoms with Gasteiger partial charge in [-0.05, 0) is 38.3 Å². The van der Waals surface area contributed by atoms with Crippen LogP contribution in [-0.4, -0.2) is 19.3 Å². The number of ether oxygens (including phenoxy) is 2. The maximum Gasteiger partial charge on any atom is 0.125 e. The zero-order chi connectivity index (χ0) is 13.0. The maximum absolute atomic E-state index is 5.95. The van der Waals surface area contributed by atoms with E-state index in [1.807, 2.05) is 25.1 Å². The van der Waals surface area contributed by atoms with E-state index in [0.717, 1.165) is 28.8 Å². The lowest BCUT2D eigenvalue weighted by molar-refractivity contribution is -0.0113. The Balaban J connectivity index is 2.00. The van der Waals surface area contributed by atoms with E-state index in [1.54, 1.807) is 0 Å². The molecule has 1 unspecified atom stereocenters. The fourth-order valence-corrected chi connectivity index (χ4v) is 2.47. The van der Waals surface area contributed by atoms with Gasteiger partial charge in [-0.1, -0.05) is 22.0 Å². The summed E-state index contributed by atoms with van der Waals surface area (Å²) in [4.78, 5) is 0. The summed E-state index contributed by atoms with van der Waals surface area (Å²) >= 11 is 3.46. The van der Waals surface area contributed by atoms with Gasteiger partial charge in [-0.3, -0.25) is 0 Å². The quantitative estimate of drug-likeness (QED) is 0.926. The summed E-state index contributed by atoms with van der Waals surface area (Å²) in [5.74, 6) is 0.855. The van der Waals surface area contributed by atoms with Gasteiger partial charge in [0.2, 0.25) is 0 Å². The summed E-state index contributed by atoms with van der Waals surface area (Å²) in [5.41, 5.74) is 6.98. The van der Waals surface area contributed by atoms with Gasteiger partial charge in [0.25, 0.3) is 0 Å². The third-order valence-electron chi connectivity index (χ3n) is 3.16. The van der Waals surface area contributed by atoms with E-state index in [4.69, 9.17) is 15.2 Å². The number of rotatable bonds is 4. The van der Waals surface area contributed by atoms with Crippen molar-refractivity contribution in [2.24, 2.45) is 5.73 Å². The summed E-state index contributed by atoms with van der Waals surface area (Å²) in [5, 5.41) is 0. The fraction of sp³-hybridized carbons (Fsp3) is 0.571. The predicted octanol–water partition coefficient (Wildman–Crippen LogP) is 3.42. The van der Waals surface area contributed by atoms with Crippen molar-refractivity contribution >= 4 is 15.9 Å². The maximum atomic E-state index is 5.95. The molecule has 0 spiro atoms. The van der Waals surface area contributed by atoms with Crippen LogP contribution in [0.2, 0.25) is 0 Å². The highest BCUT2D eigenvalue weighted by Gasteiger charge is 2.16. The summed E-state index contributed by atoms with van der Waals surface area (Å²) in [7, 11) is 0. The van der Waals surface area contributed by atoms with E-state index in [9.17, 15) is 0 Å². The molecule has 1 aromatic rings. The molecule has 0 bridgehead atoms. The van der Waals surface area contributed by atoms with Crippen LogP contribution in [0.4, 0.5) is 0 Å². The standard InChI is InChI=1S/C14H20BrNO2/c1-10(16)13-6-5-11(15)8-14(13)18-9-12-4-2-3-7-17-12/h5-6,8,10,12H,2-4,7,9,16H2,1H3/t10-,12?/m1/s1. The third-order valence-corrected chi connectivity index (χ3v) is 3.66. The van der Waals surface area contributed by atoms with Crippen molar-refractivity contribution in [1.82, 2.24) is 0 Å². The number of benzene rings is 1. The van der Waals surface area contributed by atoms with Crippen molar-refractivity contribution in [1.29, 1.82) is 0 Å². The van der Waals surface area contributed by atoms with Crippen LogP contribution in [0.15, 0.2) is 22.7 Å². The molecule has 100 valence electrons. The third kappa shape index (κ3) is 3.70. The largest absolute Gasteiger partial charge is 0.490 e. The summed E-state index contributed by atoms with van der Waals surface area (Å²) < 4.78 is 12.6. The molecule has 0 saturated carbocycles. The topological polar surface area (TPSA) is 44.5 Å². The fourth-order valence-electron chi connectivity index (χ4n) is 2.13. The van der Waals surface area contributed by atoms with Crippen LogP contribution in [0, 0.1) is 0 Å². The molecule has 2 N–H and O–H groups in total. The highest BCUT2D eigenvalue weighted by Crippen LogP contribution is 2.28. The highest BCUT2D eigenvalue weighted by molar-refractivity contribution is 9.10. The number of hydrogen-bond donors (Lipinski definition) is 1. The second-order valence-electron chi connectivity index (χ2n) is 4.77. The lowest BCUT2D eigenvalue weighted by Gasteiger charge is -2.23. The first kappa shape index (κ1) is 13.8. The van der Waals surface area contributed by atoms with Gasteiger partial charge >= 0.3 is 0 Å². The van der Waals surface area contributed by atoms with Crippen LogP contribution < -0.4 is 10.5 Å². The SMILES string of the molecule is C[C@@H](N)c1ccc(Br)cc1OCC1CCCCO1. The van der Waals surface area contributed by atoms with E-state index < -0.39 is 0 Å². The minimum Gasteiger partial charge on any atom is -0.490 e. The summed E-state index contributed by atoms with van der Waals surface area (Å²) in [6.07, 6.45) is 3.70. The van der Waals surface area contributed by atoms with E-state index in [1.165, 1.54) is 12.8 Å². The Kier molecular flexibility index (Phi) is 5.03. The molecule has 1 heterocycles. The highest BCUT2D eigenvalue weighted by atomic mass is 79.9. The van der Waals surface area contributed by atoms with Crippen molar-refractivity contribution in [2.75, 3.05) is 13.2 Å². The van der Waals surface area contributed by atoms with Crippen LogP contribution in [-0.2, 0) is 4.74 Å². The van der Waals surface area contributed by atoms with Crippen LogP contribution in [0.1, 0.15) is 37.8 Å².